The molecule has 1 amide bonds. The highest BCUT2D eigenvalue weighted by atomic mass is 35.5. The first-order valence-electron chi connectivity index (χ1n) is 8.38. The Morgan fingerprint density at radius 3 is 2.35 bits per heavy atom. The van der Waals surface area contributed by atoms with E-state index in [2.05, 4.69) is 5.32 Å². The van der Waals surface area contributed by atoms with Gasteiger partial charge in [-0.05, 0) is 50.1 Å². The summed E-state index contributed by atoms with van der Waals surface area (Å²) in [5.74, 6) is -0.362. The zero-order chi connectivity index (χ0) is 19.3. The van der Waals surface area contributed by atoms with E-state index in [0.29, 0.717) is 17.3 Å². The van der Waals surface area contributed by atoms with Crippen LogP contribution in [0.15, 0.2) is 47.4 Å². The Labute approximate surface area is 160 Å². The van der Waals surface area contributed by atoms with Gasteiger partial charge in [0.2, 0.25) is 5.91 Å². The first kappa shape index (κ1) is 20.3. The van der Waals surface area contributed by atoms with Crippen LogP contribution in [-0.2, 0) is 14.8 Å². The summed E-state index contributed by atoms with van der Waals surface area (Å²) in [6.45, 7) is 5.83. The summed E-state index contributed by atoms with van der Waals surface area (Å²) in [5.41, 5.74) is 2.14. The zero-order valence-corrected chi connectivity index (χ0v) is 16.7. The summed E-state index contributed by atoms with van der Waals surface area (Å²) >= 11 is 6.17. The van der Waals surface area contributed by atoms with E-state index in [0.717, 1.165) is 21.9 Å². The minimum absolute atomic E-state index is 0.128. The molecule has 140 valence electrons. The van der Waals surface area contributed by atoms with Crippen LogP contribution in [0.1, 0.15) is 24.5 Å². The molecule has 0 heterocycles. The number of rotatable bonds is 7. The van der Waals surface area contributed by atoms with Crippen LogP contribution in [0.25, 0.3) is 0 Å². The topological polar surface area (TPSA) is 66.5 Å². The Hall–Kier alpha value is -2.05. The molecule has 0 bridgehead atoms. The number of amides is 1. The Balaban J connectivity index is 2.46. The van der Waals surface area contributed by atoms with Crippen molar-refractivity contribution in [2.75, 3.05) is 17.4 Å². The van der Waals surface area contributed by atoms with Gasteiger partial charge in [0.25, 0.3) is 10.0 Å². The predicted octanol–water partition coefficient (Wildman–Crippen LogP) is 3.68. The molecule has 0 spiro atoms. The lowest BCUT2D eigenvalue weighted by Crippen LogP contribution is -2.41. The number of halogens is 1. The number of carbonyl (C=O) groups is 1. The van der Waals surface area contributed by atoms with Gasteiger partial charge in [-0.15, -0.1) is 0 Å². The van der Waals surface area contributed by atoms with E-state index in [1.54, 1.807) is 30.3 Å². The van der Waals surface area contributed by atoms with Crippen LogP contribution < -0.4 is 9.62 Å². The molecule has 26 heavy (non-hydrogen) atoms. The first-order valence-corrected chi connectivity index (χ1v) is 10.2. The first-order chi connectivity index (χ1) is 12.3. The third kappa shape index (κ3) is 4.77. The Morgan fingerprint density at radius 1 is 1.12 bits per heavy atom. The van der Waals surface area contributed by atoms with Crippen molar-refractivity contribution in [3.63, 3.8) is 0 Å². The molecule has 0 aliphatic heterocycles. The summed E-state index contributed by atoms with van der Waals surface area (Å²) in [4.78, 5) is 12.3. The average Bonchev–Trinajstić information content (AvgIpc) is 2.60. The number of aryl methyl sites for hydroxylation is 2. The molecule has 2 aromatic carbocycles. The van der Waals surface area contributed by atoms with Crippen LogP contribution in [0.4, 0.5) is 5.69 Å². The highest BCUT2D eigenvalue weighted by molar-refractivity contribution is 7.92. The maximum absolute atomic E-state index is 13.2. The number of nitrogens with one attached hydrogen (secondary N) is 1. The van der Waals surface area contributed by atoms with Gasteiger partial charge >= 0.3 is 0 Å². The SMILES string of the molecule is CCCNC(=O)CN(c1ccc(C)c(Cl)c1)S(=O)(=O)c1ccc(C)cc1. The van der Waals surface area contributed by atoms with Gasteiger partial charge in [0.15, 0.2) is 0 Å². The van der Waals surface area contributed by atoms with Crippen molar-refractivity contribution in [2.45, 2.75) is 32.1 Å². The maximum Gasteiger partial charge on any atom is 0.264 e. The monoisotopic (exact) mass is 394 g/mol. The van der Waals surface area contributed by atoms with Gasteiger partial charge in [0.1, 0.15) is 6.54 Å². The van der Waals surface area contributed by atoms with Crippen molar-refractivity contribution in [3.8, 4) is 0 Å². The molecule has 0 atom stereocenters. The molecular formula is C19H23ClN2O3S. The third-order valence-corrected chi connectivity index (χ3v) is 6.11. The van der Waals surface area contributed by atoms with Gasteiger partial charge in [-0.2, -0.15) is 0 Å². The number of nitrogens with zero attached hydrogens (tertiary/aromatic N) is 1. The van der Waals surface area contributed by atoms with E-state index in [1.165, 1.54) is 12.1 Å². The second-order valence-electron chi connectivity index (χ2n) is 6.11. The molecule has 0 saturated carbocycles. The second-order valence-corrected chi connectivity index (χ2v) is 8.38. The van der Waals surface area contributed by atoms with Gasteiger partial charge in [0, 0.05) is 11.6 Å². The van der Waals surface area contributed by atoms with Crippen molar-refractivity contribution >= 4 is 33.2 Å². The van der Waals surface area contributed by atoms with E-state index < -0.39 is 10.0 Å². The summed E-state index contributed by atoms with van der Waals surface area (Å²) in [6.07, 6.45) is 0.771. The van der Waals surface area contributed by atoms with Crippen LogP contribution >= 0.6 is 11.6 Å². The van der Waals surface area contributed by atoms with Crippen LogP contribution in [0, 0.1) is 13.8 Å². The molecule has 0 aromatic heterocycles. The Morgan fingerprint density at radius 2 is 1.77 bits per heavy atom. The smallest absolute Gasteiger partial charge is 0.264 e. The minimum atomic E-state index is -3.91. The normalized spacial score (nSPS) is 11.2. The fourth-order valence-electron chi connectivity index (χ4n) is 2.34. The molecule has 0 aliphatic rings. The summed E-state index contributed by atoms with van der Waals surface area (Å²) in [6, 6.07) is 11.5. The lowest BCUT2D eigenvalue weighted by atomic mass is 10.2. The molecule has 2 rings (SSSR count). The number of hydrogen-bond donors (Lipinski definition) is 1. The molecule has 2 aromatic rings. The van der Waals surface area contributed by atoms with Crippen LogP contribution in [0.2, 0.25) is 5.02 Å². The van der Waals surface area contributed by atoms with Gasteiger partial charge in [-0.3, -0.25) is 9.10 Å². The maximum atomic E-state index is 13.2. The summed E-state index contributed by atoms with van der Waals surface area (Å²) in [5, 5.41) is 3.16. The Bertz CT molecular complexity index is 880. The van der Waals surface area contributed by atoms with E-state index >= 15 is 0 Å². The zero-order valence-electron chi connectivity index (χ0n) is 15.1. The number of carbonyl (C=O) groups excluding carboxylic acids is 1. The minimum Gasteiger partial charge on any atom is -0.355 e. The van der Waals surface area contributed by atoms with Gasteiger partial charge in [0.05, 0.1) is 10.6 Å². The largest absolute Gasteiger partial charge is 0.355 e. The van der Waals surface area contributed by atoms with Crippen molar-refractivity contribution in [1.29, 1.82) is 0 Å². The Kier molecular flexibility index (Phi) is 6.67. The predicted molar refractivity (Wildman–Crippen MR) is 105 cm³/mol. The van der Waals surface area contributed by atoms with Crippen molar-refractivity contribution in [2.24, 2.45) is 0 Å². The quantitative estimate of drug-likeness (QED) is 0.778. The molecule has 0 saturated heterocycles. The molecule has 5 nitrogen and oxygen atoms in total. The van der Waals surface area contributed by atoms with E-state index in [4.69, 9.17) is 11.6 Å². The highest BCUT2D eigenvalue weighted by Gasteiger charge is 2.27. The van der Waals surface area contributed by atoms with Gasteiger partial charge in [-0.25, -0.2) is 8.42 Å². The highest BCUT2D eigenvalue weighted by Crippen LogP contribution is 2.28. The van der Waals surface area contributed by atoms with E-state index in [1.807, 2.05) is 20.8 Å². The van der Waals surface area contributed by atoms with Crippen LogP contribution in [-0.4, -0.2) is 27.4 Å². The lowest BCUT2D eigenvalue weighted by Gasteiger charge is -2.24. The molecule has 0 unspecified atom stereocenters. The molecular weight excluding hydrogens is 372 g/mol. The fourth-order valence-corrected chi connectivity index (χ4v) is 3.93. The molecule has 0 aliphatic carbocycles. The number of hydrogen-bond acceptors (Lipinski definition) is 3. The third-order valence-electron chi connectivity index (χ3n) is 3.91. The number of anilines is 1. The molecule has 0 fully saturated rings. The number of sulfonamides is 1. The van der Waals surface area contributed by atoms with Crippen molar-refractivity contribution in [1.82, 2.24) is 5.32 Å². The van der Waals surface area contributed by atoms with Gasteiger partial charge < -0.3 is 5.32 Å². The lowest BCUT2D eigenvalue weighted by molar-refractivity contribution is -0.119. The standard InChI is InChI=1S/C19H23ClN2O3S/c1-4-11-21-19(23)13-22(16-8-7-15(3)18(20)12-16)26(24,25)17-9-5-14(2)6-10-17/h5-10,12H,4,11,13H2,1-3H3,(H,21,23). The molecule has 0 radical (unpaired) electrons. The average molecular weight is 395 g/mol. The van der Waals surface area contributed by atoms with Crippen molar-refractivity contribution in [3.05, 3.63) is 58.6 Å². The summed E-state index contributed by atoms with van der Waals surface area (Å²) in [7, 11) is -3.91. The molecule has 7 heteroatoms. The van der Waals surface area contributed by atoms with E-state index in [9.17, 15) is 13.2 Å². The van der Waals surface area contributed by atoms with E-state index in [-0.39, 0.29) is 17.3 Å². The fraction of sp³-hybridized carbons (Fsp3) is 0.316. The van der Waals surface area contributed by atoms with Gasteiger partial charge in [-0.1, -0.05) is 42.3 Å². The number of benzene rings is 2. The van der Waals surface area contributed by atoms with Crippen LogP contribution in [0.5, 0.6) is 0 Å². The van der Waals surface area contributed by atoms with Crippen LogP contribution in [0.3, 0.4) is 0 Å². The molecule has 1 N–H and O–H groups in total. The summed E-state index contributed by atoms with van der Waals surface area (Å²) < 4.78 is 27.4. The van der Waals surface area contributed by atoms with Crippen molar-refractivity contribution < 1.29 is 13.2 Å². The second kappa shape index (κ2) is 8.56.